The van der Waals surface area contributed by atoms with Gasteiger partial charge in [-0.1, -0.05) is 31.9 Å². The molecule has 1 aromatic carbocycles. The van der Waals surface area contributed by atoms with Crippen molar-refractivity contribution in [2.45, 2.75) is 65.2 Å². The van der Waals surface area contributed by atoms with Crippen molar-refractivity contribution in [2.24, 2.45) is 5.92 Å². The fraction of sp³-hybridized carbons (Fsp3) is 0.550. The van der Waals surface area contributed by atoms with Crippen molar-refractivity contribution in [1.82, 2.24) is 0 Å². The molecule has 0 aromatic heterocycles. The molecule has 3 N–H and O–H groups in total. The Morgan fingerprint density at radius 2 is 1.71 bits per heavy atom. The molecule has 0 bridgehead atoms. The van der Waals surface area contributed by atoms with Gasteiger partial charge in [0, 0.05) is 23.0 Å². The predicted octanol–water partition coefficient (Wildman–Crippen LogP) is 4.52. The summed E-state index contributed by atoms with van der Waals surface area (Å²) in [4.78, 5) is 12.8. The molecule has 0 aliphatic heterocycles. The Hall–Kier alpha value is -1.97. The summed E-state index contributed by atoms with van der Waals surface area (Å²) in [5.74, 6) is -1.05. The first kappa shape index (κ1) is 16.9. The highest BCUT2D eigenvalue weighted by Crippen LogP contribution is 2.59. The van der Waals surface area contributed by atoms with Gasteiger partial charge in [0.15, 0.2) is 17.3 Å². The maximum atomic E-state index is 12.8. The summed E-state index contributed by atoms with van der Waals surface area (Å²) in [5.41, 5.74) is 2.91. The molecular weight excluding hydrogens is 304 g/mol. The zero-order valence-corrected chi connectivity index (χ0v) is 15.0. The van der Waals surface area contributed by atoms with Crippen LogP contribution in [-0.4, -0.2) is 21.1 Å². The van der Waals surface area contributed by atoms with Crippen LogP contribution < -0.4 is 0 Å². The quantitative estimate of drug-likeness (QED) is 0.402. The third-order valence-corrected chi connectivity index (χ3v) is 6.26. The van der Waals surface area contributed by atoms with Crippen LogP contribution in [0, 0.1) is 5.92 Å². The van der Waals surface area contributed by atoms with Gasteiger partial charge in [0.25, 0.3) is 0 Å². The van der Waals surface area contributed by atoms with E-state index in [2.05, 4.69) is 13.8 Å². The van der Waals surface area contributed by atoms with Crippen molar-refractivity contribution >= 4 is 5.78 Å². The topological polar surface area (TPSA) is 77.8 Å². The van der Waals surface area contributed by atoms with Crippen LogP contribution >= 0.6 is 0 Å². The van der Waals surface area contributed by atoms with E-state index in [1.807, 2.05) is 20.8 Å². The van der Waals surface area contributed by atoms with Crippen LogP contribution in [0.2, 0.25) is 0 Å². The van der Waals surface area contributed by atoms with E-state index >= 15 is 0 Å². The van der Waals surface area contributed by atoms with Gasteiger partial charge in [-0.05, 0) is 38.5 Å². The summed E-state index contributed by atoms with van der Waals surface area (Å²) in [6.45, 7) is 9.80. The summed E-state index contributed by atoms with van der Waals surface area (Å²) in [6.07, 6.45) is 2.01. The number of rotatable bonds is 1. The van der Waals surface area contributed by atoms with Gasteiger partial charge >= 0.3 is 0 Å². The third-order valence-electron chi connectivity index (χ3n) is 6.26. The van der Waals surface area contributed by atoms with Crippen molar-refractivity contribution in [3.8, 4) is 17.2 Å². The Morgan fingerprint density at radius 1 is 1.08 bits per heavy atom. The Balaban J connectivity index is 2.37. The minimum atomic E-state index is -0.457. The second-order valence-electron chi connectivity index (χ2n) is 7.92. The lowest BCUT2D eigenvalue weighted by molar-refractivity contribution is 0.0904. The minimum absolute atomic E-state index is 0.000787. The van der Waals surface area contributed by atoms with Crippen LogP contribution in [0.3, 0.4) is 0 Å². The summed E-state index contributed by atoms with van der Waals surface area (Å²) >= 11 is 0. The smallest absolute Gasteiger partial charge is 0.167 e. The number of carbonyl (C=O) groups is 1. The molecule has 2 aliphatic rings. The zero-order chi connectivity index (χ0) is 18.0. The lowest BCUT2D eigenvalue weighted by Crippen LogP contribution is -2.42. The summed E-state index contributed by atoms with van der Waals surface area (Å²) in [6, 6.07) is 0. The van der Waals surface area contributed by atoms with E-state index in [1.54, 1.807) is 0 Å². The largest absolute Gasteiger partial charge is 0.507 e. The van der Waals surface area contributed by atoms with E-state index in [-0.39, 0.29) is 46.0 Å². The van der Waals surface area contributed by atoms with E-state index in [1.165, 1.54) is 11.1 Å². The number of aromatic hydroxyl groups is 3. The number of allylic oxidation sites excluding steroid dienone is 2. The molecule has 24 heavy (non-hydrogen) atoms. The second kappa shape index (κ2) is 5.27. The summed E-state index contributed by atoms with van der Waals surface area (Å²) in [5, 5.41) is 31.9. The molecule has 3 rings (SSSR count). The molecule has 0 saturated carbocycles. The number of hydrogen-bond acceptors (Lipinski definition) is 4. The molecule has 4 heteroatoms. The Bertz CT molecular complexity index is 773. The Kier molecular flexibility index (Phi) is 3.70. The van der Waals surface area contributed by atoms with Crippen LogP contribution in [0.15, 0.2) is 11.1 Å². The van der Waals surface area contributed by atoms with Gasteiger partial charge in [-0.3, -0.25) is 4.79 Å². The maximum absolute atomic E-state index is 12.8. The lowest BCUT2D eigenvalue weighted by atomic mass is 9.56. The first-order chi connectivity index (χ1) is 11.1. The zero-order valence-electron chi connectivity index (χ0n) is 15.0. The van der Waals surface area contributed by atoms with Crippen molar-refractivity contribution in [1.29, 1.82) is 0 Å². The Labute approximate surface area is 142 Å². The van der Waals surface area contributed by atoms with Crippen molar-refractivity contribution < 1.29 is 20.1 Å². The molecule has 0 unspecified atom stereocenters. The average molecular weight is 330 g/mol. The lowest BCUT2D eigenvalue weighted by Gasteiger charge is -2.47. The normalized spacial score (nSPS) is 26.6. The molecule has 2 atom stereocenters. The molecule has 0 spiro atoms. The molecule has 1 aromatic rings. The average Bonchev–Trinajstić information content (AvgIpc) is 2.50. The fourth-order valence-electron chi connectivity index (χ4n) is 4.66. The number of ketones is 1. The van der Waals surface area contributed by atoms with Crippen LogP contribution in [-0.2, 0) is 5.41 Å². The number of phenols is 3. The molecule has 4 nitrogen and oxygen atoms in total. The van der Waals surface area contributed by atoms with Gasteiger partial charge in [-0.15, -0.1) is 0 Å². The molecule has 2 aliphatic carbocycles. The van der Waals surface area contributed by atoms with Gasteiger partial charge in [0.1, 0.15) is 5.75 Å². The van der Waals surface area contributed by atoms with E-state index in [0.29, 0.717) is 12.0 Å². The van der Waals surface area contributed by atoms with E-state index in [9.17, 15) is 20.1 Å². The summed E-state index contributed by atoms with van der Waals surface area (Å²) < 4.78 is 0. The highest BCUT2D eigenvalue weighted by Gasteiger charge is 2.50. The van der Waals surface area contributed by atoms with Gasteiger partial charge in [0.05, 0.1) is 5.56 Å². The maximum Gasteiger partial charge on any atom is 0.167 e. The van der Waals surface area contributed by atoms with Crippen molar-refractivity contribution in [2.75, 3.05) is 0 Å². The standard InChI is InChI=1S/C20H26O4/c1-9(2)14-17(22)15-13(21)8-12-11(4)10(3)6-7-20(12,5)16(15)19(24)18(14)23/h9,12,22-24H,6-8H2,1-5H3/t12-,20-/m0/s1. The highest BCUT2D eigenvalue weighted by molar-refractivity contribution is 6.04. The number of carbonyl (C=O) groups excluding carboxylic acids is 1. The second-order valence-corrected chi connectivity index (χ2v) is 7.92. The molecular formula is C20H26O4. The van der Waals surface area contributed by atoms with E-state index in [0.717, 1.165) is 12.8 Å². The first-order valence-corrected chi connectivity index (χ1v) is 8.61. The minimum Gasteiger partial charge on any atom is -0.507 e. The van der Waals surface area contributed by atoms with E-state index in [4.69, 9.17) is 0 Å². The predicted molar refractivity (Wildman–Crippen MR) is 92.9 cm³/mol. The number of hydrogen-bond donors (Lipinski definition) is 3. The molecule has 0 heterocycles. The van der Waals surface area contributed by atoms with Crippen LogP contribution in [0.1, 0.15) is 81.3 Å². The fourth-order valence-corrected chi connectivity index (χ4v) is 4.66. The summed E-state index contributed by atoms with van der Waals surface area (Å²) in [7, 11) is 0. The van der Waals surface area contributed by atoms with Gasteiger partial charge in [0.2, 0.25) is 0 Å². The van der Waals surface area contributed by atoms with Crippen LogP contribution in [0.4, 0.5) is 0 Å². The monoisotopic (exact) mass is 330 g/mol. The highest BCUT2D eigenvalue weighted by atomic mass is 16.3. The number of phenolic OH excluding ortho intramolecular Hbond substituents is 3. The molecule has 130 valence electrons. The van der Waals surface area contributed by atoms with Crippen molar-refractivity contribution in [3.63, 3.8) is 0 Å². The molecule has 0 saturated heterocycles. The van der Waals surface area contributed by atoms with Crippen LogP contribution in [0.5, 0.6) is 17.2 Å². The molecule has 0 fully saturated rings. The molecule has 0 radical (unpaired) electrons. The van der Waals surface area contributed by atoms with Gasteiger partial charge < -0.3 is 15.3 Å². The third kappa shape index (κ3) is 2.01. The van der Waals surface area contributed by atoms with Crippen molar-refractivity contribution in [3.05, 3.63) is 27.8 Å². The SMILES string of the molecule is CC1=C(C)[C@@H]2CC(=O)c3c(O)c(C(C)C)c(O)c(O)c3[C@@]2(C)CC1. The number of benzene rings is 1. The van der Waals surface area contributed by atoms with E-state index < -0.39 is 5.41 Å². The Morgan fingerprint density at radius 3 is 2.29 bits per heavy atom. The first-order valence-electron chi connectivity index (χ1n) is 8.61. The van der Waals surface area contributed by atoms with Gasteiger partial charge in [-0.2, -0.15) is 0 Å². The number of fused-ring (bicyclic) bond motifs is 3. The number of Topliss-reactive ketones (excluding diaryl/α,β-unsaturated/α-hetero) is 1. The molecule has 0 amide bonds. The van der Waals surface area contributed by atoms with Gasteiger partial charge in [-0.25, -0.2) is 0 Å². The van der Waals surface area contributed by atoms with Crippen LogP contribution in [0.25, 0.3) is 0 Å².